The summed E-state index contributed by atoms with van der Waals surface area (Å²) in [5.74, 6) is 0.175. The van der Waals surface area contributed by atoms with Gasteiger partial charge in [0, 0.05) is 45.5 Å². The molecule has 1 heterocycles. The van der Waals surface area contributed by atoms with Crippen LogP contribution in [0.4, 0.5) is 30.2 Å². The molecule has 1 aliphatic heterocycles. The number of alkyl halides is 3. The van der Waals surface area contributed by atoms with Crippen LogP contribution >= 0.6 is 0 Å². The highest BCUT2D eigenvalue weighted by molar-refractivity contribution is 6.56. The number of carbonyl (C=O) groups is 1. The molecule has 3 aromatic rings. The molecule has 0 bridgehead atoms. The van der Waals surface area contributed by atoms with Crippen LogP contribution in [0.2, 0.25) is 0 Å². The number of benzene rings is 3. The van der Waals surface area contributed by atoms with Gasteiger partial charge in [-0.25, -0.2) is 4.99 Å². The quantitative estimate of drug-likeness (QED) is 0.247. The van der Waals surface area contributed by atoms with Gasteiger partial charge in [0.25, 0.3) is 5.91 Å². The molecule has 10 heteroatoms. The Hall–Kier alpha value is -3.73. The molecule has 3 aromatic carbocycles. The molecule has 1 aliphatic rings. The van der Waals surface area contributed by atoms with Crippen molar-refractivity contribution in [2.75, 3.05) is 58.6 Å². The minimum Gasteiger partial charge on any atom is -0.493 e. The van der Waals surface area contributed by atoms with E-state index >= 15 is 0 Å². The normalized spacial score (nSPS) is 14.3. The first-order chi connectivity index (χ1) is 19.3. The summed E-state index contributed by atoms with van der Waals surface area (Å²) in [6.07, 6.45) is -3.72. The molecule has 0 atom stereocenters. The van der Waals surface area contributed by atoms with Crippen LogP contribution in [-0.4, -0.2) is 70.2 Å². The van der Waals surface area contributed by atoms with Gasteiger partial charge in [0.1, 0.15) is 11.5 Å². The molecule has 212 valence electrons. The van der Waals surface area contributed by atoms with Gasteiger partial charge in [0.2, 0.25) is 0 Å². The van der Waals surface area contributed by atoms with E-state index in [4.69, 9.17) is 14.2 Å². The number of rotatable bonds is 13. The molecule has 0 fully saturated rings. The van der Waals surface area contributed by atoms with Crippen LogP contribution in [0.3, 0.4) is 0 Å². The highest BCUT2D eigenvalue weighted by Gasteiger charge is 2.35. The van der Waals surface area contributed by atoms with E-state index in [9.17, 15) is 18.0 Å². The van der Waals surface area contributed by atoms with E-state index in [-0.39, 0.29) is 11.4 Å². The Morgan fingerprint density at radius 1 is 0.850 bits per heavy atom. The molecule has 1 amide bonds. The summed E-state index contributed by atoms with van der Waals surface area (Å²) in [5.41, 5.74) is 1.03. The van der Waals surface area contributed by atoms with Crippen LogP contribution in [0.5, 0.6) is 5.75 Å². The van der Waals surface area contributed by atoms with Gasteiger partial charge in [-0.1, -0.05) is 30.3 Å². The topological polar surface area (TPSA) is 63.6 Å². The van der Waals surface area contributed by atoms with Crippen LogP contribution in [0, 0.1) is 0 Å². The number of para-hydroxylation sites is 1. The first-order valence-electron chi connectivity index (χ1n) is 12.9. The summed E-state index contributed by atoms with van der Waals surface area (Å²) < 4.78 is 56.0. The van der Waals surface area contributed by atoms with E-state index in [0.717, 1.165) is 38.2 Å². The number of amides is 1. The standard InChI is InChI=1S/C30H32F3N3O4/c1-38-18-15-35(16-19-39-2)14-7-17-40-25-11-6-10-24(21-25)36-27-13-4-3-12-26(27)28(29(36)37)34-23-9-5-8-22(20-23)30(31,32)33/h3-6,8-13,20-21H,7,14-19H2,1-2H3. The van der Waals surface area contributed by atoms with Gasteiger partial charge in [-0.2, -0.15) is 13.2 Å². The minimum atomic E-state index is -4.51. The predicted molar refractivity (Wildman–Crippen MR) is 148 cm³/mol. The zero-order valence-corrected chi connectivity index (χ0v) is 22.5. The number of hydrogen-bond donors (Lipinski definition) is 0. The number of methoxy groups -OCH3 is 2. The van der Waals surface area contributed by atoms with Crippen molar-refractivity contribution in [3.8, 4) is 5.75 Å². The second kappa shape index (κ2) is 13.6. The Balaban J connectivity index is 1.49. The number of nitrogens with zero attached hydrogens (tertiary/aromatic N) is 3. The molecule has 0 saturated carbocycles. The largest absolute Gasteiger partial charge is 0.493 e. The fourth-order valence-corrected chi connectivity index (χ4v) is 4.41. The molecule has 0 aliphatic carbocycles. The summed E-state index contributed by atoms with van der Waals surface area (Å²) >= 11 is 0. The van der Waals surface area contributed by atoms with Gasteiger partial charge >= 0.3 is 6.18 Å². The summed E-state index contributed by atoms with van der Waals surface area (Å²) in [4.78, 5) is 21.7. The van der Waals surface area contributed by atoms with Crippen molar-refractivity contribution in [3.63, 3.8) is 0 Å². The summed E-state index contributed by atoms with van der Waals surface area (Å²) in [6, 6.07) is 18.9. The van der Waals surface area contributed by atoms with Crippen molar-refractivity contribution < 1.29 is 32.2 Å². The fourth-order valence-electron chi connectivity index (χ4n) is 4.41. The molecule has 4 rings (SSSR count). The lowest BCUT2D eigenvalue weighted by Crippen LogP contribution is -2.32. The molecular formula is C30H32F3N3O4. The van der Waals surface area contributed by atoms with Crippen LogP contribution in [-0.2, 0) is 20.4 Å². The second-order valence-electron chi connectivity index (χ2n) is 9.19. The molecule has 40 heavy (non-hydrogen) atoms. The molecular weight excluding hydrogens is 523 g/mol. The molecule has 0 spiro atoms. The monoisotopic (exact) mass is 555 g/mol. The molecule has 0 saturated heterocycles. The van der Waals surface area contributed by atoms with Crippen molar-refractivity contribution in [1.82, 2.24) is 4.90 Å². The summed E-state index contributed by atoms with van der Waals surface area (Å²) in [7, 11) is 3.35. The third kappa shape index (κ3) is 7.26. The van der Waals surface area contributed by atoms with Crippen LogP contribution in [0.15, 0.2) is 77.8 Å². The van der Waals surface area contributed by atoms with Gasteiger partial charge in [-0.3, -0.25) is 14.6 Å². The third-order valence-electron chi connectivity index (χ3n) is 6.41. The molecule has 0 radical (unpaired) electrons. The number of fused-ring (bicyclic) bond motifs is 1. The number of hydrogen-bond acceptors (Lipinski definition) is 6. The highest BCUT2D eigenvalue weighted by Crippen LogP contribution is 2.38. The Kier molecular flexibility index (Phi) is 9.92. The lowest BCUT2D eigenvalue weighted by Gasteiger charge is -2.21. The first-order valence-corrected chi connectivity index (χ1v) is 12.9. The van der Waals surface area contributed by atoms with E-state index in [1.807, 2.05) is 6.07 Å². The Bertz CT molecular complexity index is 1320. The van der Waals surface area contributed by atoms with E-state index in [1.165, 1.54) is 17.0 Å². The maximum Gasteiger partial charge on any atom is 0.416 e. The van der Waals surface area contributed by atoms with Crippen LogP contribution in [0.1, 0.15) is 17.5 Å². The van der Waals surface area contributed by atoms with Crippen molar-refractivity contribution in [2.45, 2.75) is 12.6 Å². The maximum absolute atomic E-state index is 13.6. The lowest BCUT2D eigenvalue weighted by atomic mass is 10.1. The molecule has 0 N–H and O–H groups in total. The Morgan fingerprint density at radius 2 is 1.57 bits per heavy atom. The number of ether oxygens (including phenoxy) is 3. The van der Waals surface area contributed by atoms with E-state index in [0.29, 0.717) is 42.5 Å². The smallest absolute Gasteiger partial charge is 0.416 e. The van der Waals surface area contributed by atoms with E-state index < -0.39 is 17.6 Å². The number of aliphatic imine (C=N–C) groups is 1. The van der Waals surface area contributed by atoms with Crippen LogP contribution < -0.4 is 9.64 Å². The maximum atomic E-state index is 13.6. The zero-order chi connectivity index (χ0) is 28.5. The number of halogens is 3. The third-order valence-corrected chi connectivity index (χ3v) is 6.41. The van der Waals surface area contributed by atoms with Crippen molar-refractivity contribution in [1.29, 1.82) is 0 Å². The average Bonchev–Trinajstić information content (AvgIpc) is 3.22. The number of carbonyl (C=O) groups excluding carboxylic acids is 1. The highest BCUT2D eigenvalue weighted by atomic mass is 19.4. The summed E-state index contributed by atoms with van der Waals surface area (Å²) in [6.45, 7) is 4.17. The predicted octanol–water partition coefficient (Wildman–Crippen LogP) is 5.87. The van der Waals surface area contributed by atoms with Crippen molar-refractivity contribution >= 4 is 28.7 Å². The zero-order valence-electron chi connectivity index (χ0n) is 22.5. The van der Waals surface area contributed by atoms with Crippen LogP contribution in [0.25, 0.3) is 0 Å². The van der Waals surface area contributed by atoms with Gasteiger partial charge in [0.05, 0.1) is 42.4 Å². The Morgan fingerprint density at radius 3 is 2.30 bits per heavy atom. The van der Waals surface area contributed by atoms with Crippen molar-refractivity contribution in [2.24, 2.45) is 4.99 Å². The molecule has 0 unspecified atom stereocenters. The van der Waals surface area contributed by atoms with Gasteiger partial charge in [-0.05, 0) is 42.8 Å². The summed E-state index contributed by atoms with van der Waals surface area (Å²) in [5, 5.41) is 0. The minimum absolute atomic E-state index is 0.0527. The average molecular weight is 556 g/mol. The molecule has 7 nitrogen and oxygen atoms in total. The molecule has 0 aromatic heterocycles. The lowest BCUT2D eigenvalue weighted by molar-refractivity contribution is -0.137. The Labute approximate surface area is 231 Å². The van der Waals surface area contributed by atoms with E-state index in [2.05, 4.69) is 9.89 Å². The number of anilines is 2. The SMILES string of the molecule is COCCN(CCCOc1cccc(N2C(=O)C(=Nc3cccc(C(F)(F)F)c3)c3ccccc32)c1)CCOC. The fraction of sp³-hybridized carbons (Fsp3) is 0.333. The first kappa shape index (κ1) is 29.3. The second-order valence-corrected chi connectivity index (χ2v) is 9.19. The van der Waals surface area contributed by atoms with Gasteiger partial charge in [0.15, 0.2) is 0 Å². The van der Waals surface area contributed by atoms with Gasteiger partial charge in [-0.15, -0.1) is 0 Å². The van der Waals surface area contributed by atoms with Gasteiger partial charge < -0.3 is 14.2 Å². The van der Waals surface area contributed by atoms with E-state index in [1.54, 1.807) is 56.7 Å². The van der Waals surface area contributed by atoms with Crippen molar-refractivity contribution in [3.05, 3.63) is 83.9 Å².